The van der Waals surface area contributed by atoms with E-state index in [-0.39, 0.29) is 1.43 Å². The molecular formula is C7H17NO3S2. The minimum Gasteiger partial charge on any atom is -0.438 e. The molecule has 0 aromatic rings. The normalized spacial score (nSPS) is 9.69. The van der Waals surface area contributed by atoms with E-state index in [1.807, 2.05) is 7.05 Å². The first-order valence-electron chi connectivity index (χ1n) is 3.91. The summed E-state index contributed by atoms with van der Waals surface area (Å²) >= 11 is 0. The number of ether oxygens (including phenoxy) is 2. The Morgan fingerprint density at radius 1 is 1.46 bits per heavy atom. The van der Waals surface area contributed by atoms with Crippen molar-refractivity contribution in [3.05, 3.63) is 0 Å². The maximum Gasteiger partial charge on any atom is 0.508 e. The Kier molecular flexibility index (Phi) is 9.96. The molecule has 0 amide bonds. The van der Waals surface area contributed by atoms with Crippen LogP contribution < -0.4 is 5.32 Å². The number of carbonyl (C=O) groups excluding carboxylic acids is 1. The average molecular weight is 227 g/mol. The Morgan fingerprint density at radius 2 is 2.15 bits per heavy atom. The Bertz CT molecular complexity index is 140. The summed E-state index contributed by atoms with van der Waals surface area (Å²) in [7, 11) is 6.67. The molecular weight excluding hydrogens is 210 g/mol. The van der Waals surface area contributed by atoms with Crippen molar-refractivity contribution in [1.82, 2.24) is 5.32 Å². The highest BCUT2D eigenvalue weighted by molar-refractivity contribution is 8.76. The van der Waals surface area contributed by atoms with Gasteiger partial charge in [0, 0.05) is 19.5 Å². The van der Waals surface area contributed by atoms with Crippen molar-refractivity contribution >= 4 is 27.7 Å². The third kappa shape index (κ3) is 9.85. The van der Waals surface area contributed by atoms with Crippen LogP contribution in [0.2, 0.25) is 0 Å². The smallest absolute Gasteiger partial charge is 0.438 e. The predicted octanol–water partition coefficient (Wildman–Crippen LogP) is 1.62. The van der Waals surface area contributed by atoms with E-state index in [2.05, 4.69) is 14.8 Å². The van der Waals surface area contributed by atoms with Gasteiger partial charge in [0.15, 0.2) is 0 Å². The molecule has 0 fully saturated rings. The van der Waals surface area contributed by atoms with Crippen LogP contribution in [0.4, 0.5) is 4.79 Å². The lowest BCUT2D eigenvalue weighted by atomic mass is 10.8. The van der Waals surface area contributed by atoms with Crippen molar-refractivity contribution in [3.8, 4) is 0 Å². The minimum absolute atomic E-state index is 0. The quantitative estimate of drug-likeness (QED) is 0.405. The number of hydrogen-bond donors (Lipinski definition) is 1. The first-order valence-corrected chi connectivity index (χ1v) is 6.39. The number of hydrogen-bond acceptors (Lipinski definition) is 6. The molecule has 0 saturated heterocycles. The van der Waals surface area contributed by atoms with Crippen LogP contribution in [0.3, 0.4) is 0 Å². The monoisotopic (exact) mass is 227 g/mol. The Morgan fingerprint density at radius 3 is 2.77 bits per heavy atom. The molecule has 0 aliphatic rings. The molecule has 0 radical (unpaired) electrons. The second-order valence-corrected chi connectivity index (χ2v) is 4.75. The fraction of sp³-hybridized carbons (Fsp3) is 0.857. The SMILES string of the molecule is CNCCSSCCOC(=O)OC.[HH]. The summed E-state index contributed by atoms with van der Waals surface area (Å²) in [4.78, 5) is 10.5. The van der Waals surface area contributed by atoms with Gasteiger partial charge in [-0.1, -0.05) is 21.6 Å². The van der Waals surface area contributed by atoms with E-state index in [1.54, 1.807) is 21.6 Å². The average Bonchev–Trinajstić information content (AvgIpc) is 2.16. The van der Waals surface area contributed by atoms with Gasteiger partial charge in [0.05, 0.1) is 7.11 Å². The van der Waals surface area contributed by atoms with E-state index in [0.29, 0.717) is 6.61 Å². The highest BCUT2D eigenvalue weighted by Gasteiger charge is 1.98. The molecule has 0 aliphatic heterocycles. The predicted molar refractivity (Wildman–Crippen MR) is 59.3 cm³/mol. The van der Waals surface area contributed by atoms with Crippen LogP contribution in [0.1, 0.15) is 1.43 Å². The molecule has 0 bridgehead atoms. The fourth-order valence-corrected chi connectivity index (χ4v) is 2.32. The van der Waals surface area contributed by atoms with Crippen molar-refractivity contribution in [1.29, 1.82) is 0 Å². The molecule has 0 aromatic heterocycles. The van der Waals surface area contributed by atoms with Crippen LogP contribution in [0.25, 0.3) is 0 Å². The van der Waals surface area contributed by atoms with E-state index < -0.39 is 6.16 Å². The van der Waals surface area contributed by atoms with Crippen LogP contribution in [-0.2, 0) is 9.47 Å². The molecule has 0 spiro atoms. The van der Waals surface area contributed by atoms with Gasteiger partial charge in [0.2, 0.25) is 0 Å². The van der Waals surface area contributed by atoms with Crippen LogP contribution in [0.15, 0.2) is 0 Å². The van der Waals surface area contributed by atoms with Crippen LogP contribution in [-0.4, -0.2) is 45.0 Å². The summed E-state index contributed by atoms with van der Waals surface area (Å²) < 4.78 is 8.99. The Labute approximate surface area is 88.0 Å². The molecule has 13 heavy (non-hydrogen) atoms. The molecule has 0 heterocycles. The zero-order valence-corrected chi connectivity index (χ0v) is 9.50. The van der Waals surface area contributed by atoms with Crippen molar-refractivity contribution in [3.63, 3.8) is 0 Å². The maximum absolute atomic E-state index is 10.5. The highest BCUT2D eigenvalue weighted by atomic mass is 33.1. The van der Waals surface area contributed by atoms with E-state index in [9.17, 15) is 4.79 Å². The third-order valence-corrected chi connectivity index (χ3v) is 3.44. The molecule has 0 unspecified atom stereocenters. The standard InChI is InChI=1S/C7H15NO3S2.H2/c1-8-3-5-12-13-6-4-11-7(9)10-2;/h8H,3-6H2,1-2H3;1H. The molecule has 0 aliphatic carbocycles. The summed E-state index contributed by atoms with van der Waals surface area (Å²) in [5, 5.41) is 3.05. The van der Waals surface area contributed by atoms with Gasteiger partial charge >= 0.3 is 6.16 Å². The minimum atomic E-state index is -0.610. The molecule has 0 aromatic carbocycles. The third-order valence-electron chi connectivity index (χ3n) is 1.07. The van der Waals surface area contributed by atoms with Gasteiger partial charge in [-0.15, -0.1) is 0 Å². The molecule has 80 valence electrons. The van der Waals surface area contributed by atoms with E-state index >= 15 is 0 Å². The van der Waals surface area contributed by atoms with Gasteiger partial charge in [0.25, 0.3) is 0 Å². The van der Waals surface area contributed by atoms with Crippen molar-refractivity contribution in [2.24, 2.45) is 0 Å². The molecule has 6 heteroatoms. The maximum atomic E-state index is 10.5. The highest BCUT2D eigenvalue weighted by Crippen LogP contribution is 2.19. The van der Waals surface area contributed by atoms with Gasteiger partial charge in [-0.2, -0.15) is 0 Å². The fourth-order valence-electron chi connectivity index (χ4n) is 0.480. The lowest BCUT2D eigenvalue weighted by Gasteiger charge is -2.02. The van der Waals surface area contributed by atoms with E-state index in [4.69, 9.17) is 0 Å². The zero-order chi connectivity index (χ0) is 9.94. The summed E-state index contributed by atoms with van der Waals surface area (Å²) in [6.07, 6.45) is -0.610. The number of carbonyl (C=O) groups is 1. The number of methoxy groups -OCH3 is 1. The summed E-state index contributed by atoms with van der Waals surface area (Å²) in [6, 6.07) is 0. The van der Waals surface area contributed by atoms with Crippen molar-refractivity contribution in [2.75, 3.05) is 38.8 Å². The second kappa shape index (κ2) is 10.0. The second-order valence-electron chi connectivity index (χ2n) is 2.05. The Balaban J connectivity index is 0. The van der Waals surface area contributed by atoms with Gasteiger partial charge in [0.1, 0.15) is 6.61 Å². The van der Waals surface area contributed by atoms with Crippen LogP contribution in [0.5, 0.6) is 0 Å². The molecule has 4 nitrogen and oxygen atoms in total. The summed E-state index contributed by atoms with van der Waals surface area (Å²) in [5.74, 6) is 1.85. The first kappa shape index (κ1) is 12.9. The largest absolute Gasteiger partial charge is 0.508 e. The lowest BCUT2D eigenvalue weighted by molar-refractivity contribution is 0.0779. The van der Waals surface area contributed by atoms with Gasteiger partial charge in [-0.05, 0) is 7.05 Å². The van der Waals surface area contributed by atoms with Crippen molar-refractivity contribution in [2.45, 2.75) is 0 Å². The molecule has 0 saturated carbocycles. The molecule has 0 atom stereocenters. The van der Waals surface area contributed by atoms with Crippen molar-refractivity contribution < 1.29 is 15.7 Å². The summed E-state index contributed by atoms with van der Waals surface area (Å²) in [5.41, 5.74) is 0. The van der Waals surface area contributed by atoms with Crippen LogP contribution >= 0.6 is 21.6 Å². The van der Waals surface area contributed by atoms with Crippen LogP contribution in [0, 0.1) is 0 Å². The zero-order valence-electron chi connectivity index (χ0n) is 7.87. The van der Waals surface area contributed by atoms with E-state index in [1.165, 1.54) is 7.11 Å². The van der Waals surface area contributed by atoms with Gasteiger partial charge in [-0.3, -0.25) is 0 Å². The molecule has 1 N–H and O–H groups in total. The van der Waals surface area contributed by atoms with Gasteiger partial charge in [-0.25, -0.2) is 4.79 Å². The lowest BCUT2D eigenvalue weighted by Crippen LogP contribution is -2.09. The van der Waals surface area contributed by atoms with Gasteiger partial charge < -0.3 is 14.8 Å². The topological polar surface area (TPSA) is 47.6 Å². The summed E-state index contributed by atoms with van der Waals surface area (Å²) in [6.45, 7) is 1.40. The Hall–Kier alpha value is -0.0700. The number of nitrogens with one attached hydrogen (secondary N) is 1. The van der Waals surface area contributed by atoms with E-state index in [0.717, 1.165) is 18.1 Å². The number of rotatable bonds is 7. The first-order chi connectivity index (χ1) is 6.31. The molecule has 0 rings (SSSR count).